The van der Waals surface area contributed by atoms with Crippen molar-refractivity contribution in [1.82, 2.24) is 15.1 Å². The molecule has 0 saturated heterocycles. The fourth-order valence-corrected chi connectivity index (χ4v) is 1.71. The zero-order valence-electron chi connectivity index (χ0n) is 10.8. The van der Waals surface area contributed by atoms with Gasteiger partial charge in [0.05, 0.1) is 12.3 Å². The van der Waals surface area contributed by atoms with E-state index in [4.69, 9.17) is 5.11 Å². The molecule has 0 bridgehead atoms. The number of carbonyl (C=O) groups excluding carboxylic acids is 1. The second-order valence-corrected chi connectivity index (χ2v) is 4.15. The summed E-state index contributed by atoms with van der Waals surface area (Å²) in [5, 5.41) is 15.3. The van der Waals surface area contributed by atoms with Crippen LogP contribution in [-0.2, 0) is 11.3 Å². The molecule has 0 radical (unpaired) electrons. The molecule has 0 atom stereocenters. The average molecular weight is 273 g/mol. The summed E-state index contributed by atoms with van der Waals surface area (Å²) < 4.78 is 1.11. The highest BCUT2D eigenvalue weighted by Crippen LogP contribution is 2.13. The third-order valence-electron chi connectivity index (χ3n) is 2.66. The van der Waals surface area contributed by atoms with Crippen LogP contribution in [0.15, 0.2) is 47.3 Å². The highest BCUT2D eigenvalue weighted by molar-refractivity contribution is 5.75. The lowest BCUT2D eigenvalue weighted by Crippen LogP contribution is -2.34. The zero-order valence-corrected chi connectivity index (χ0v) is 10.8. The molecule has 1 aromatic carbocycles. The fraction of sp³-hybridized carbons (Fsp3) is 0.214. The summed E-state index contributed by atoms with van der Waals surface area (Å²) in [6.45, 7) is -0.149. The van der Waals surface area contributed by atoms with Crippen molar-refractivity contribution >= 4 is 5.91 Å². The van der Waals surface area contributed by atoms with Crippen molar-refractivity contribution < 1.29 is 9.90 Å². The normalized spacial score (nSPS) is 10.2. The van der Waals surface area contributed by atoms with Gasteiger partial charge in [0.25, 0.3) is 5.56 Å². The molecule has 6 heteroatoms. The molecular weight excluding hydrogens is 258 g/mol. The van der Waals surface area contributed by atoms with Crippen molar-refractivity contribution in [1.29, 1.82) is 0 Å². The van der Waals surface area contributed by atoms with Crippen molar-refractivity contribution in [2.75, 3.05) is 13.2 Å². The molecule has 1 aromatic heterocycles. The second kappa shape index (κ2) is 6.63. The number of aliphatic hydroxyl groups excluding tert-OH is 1. The van der Waals surface area contributed by atoms with Crippen LogP contribution in [0, 0.1) is 0 Å². The van der Waals surface area contributed by atoms with Gasteiger partial charge < -0.3 is 10.4 Å². The number of amides is 1. The van der Waals surface area contributed by atoms with E-state index < -0.39 is 0 Å². The summed E-state index contributed by atoms with van der Waals surface area (Å²) in [6.07, 6.45) is 0. The summed E-state index contributed by atoms with van der Waals surface area (Å²) in [4.78, 5) is 23.2. The highest BCUT2D eigenvalue weighted by Gasteiger charge is 2.07. The Bertz CT molecular complexity index is 638. The quantitative estimate of drug-likeness (QED) is 0.804. The predicted octanol–water partition coefficient (Wildman–Crippen LogP) is 0.0188. The molecule has 6 nitrogen and oxygen atoms in total. The topological polar surface area (TPSA) is 84.2 Å². The molecular formula is C14H15N3O3. The van der Waals surface area contributed by atoms with Crippen LogP contribution in [0.2, 0.25) is 0 Å². The van der Waals surface area contributed by atoms with Gasteiger partial charge in [0.15, 0.2) is 0 Å². The first-order valence-electron chi connectivity index (χ1n) is 6.22. The van der Waals surface area contributed by atoms with E-state index in [-0.39, 0.29) is 31.2 Å². The molecule has 0 spiro atoms. The first-order chi connectivity index (χ1) is 9.70. The van der Waals surface area contributed by atoms with Gasteiger partial charge in [0.2, 0.25) is 5.91 Å². The Morgan fingerprint density at radius 2 is 1.95 bits per heavy atom. The maximum Gasteiger partial charge on any atom is 0.267 e. The summed E-state index contributed by atoms with van der Waals surface area (Å²) >= 11 is 0. The minimum atomic E-state index is -0.362. The Labute approximate surface area is 115 Å². The van der Waals surface area contributed by atoms with Crippen LogP contribution in [0.3, 0.4) is 0 Å². The first-order valence-corrected chi connectivity index (χ1v) is 6.22. The van der Waals surface area contributed by atoms with Crippen molar-refractivity contribution in [3.8, 4) is 11.3 Å². The van der Waals surface area contributed by atoms with Crippen LogP contribution in [0.5, 0.6) is 0 Å². The number of aliphatic hydroxyl groups is 1. The van der Waals surface area contributed by atoms with Gasteiger partial charge in [-0.1, -0.05) is 30.3 Å². The van der Waals surface area contributed by atoms with Gasteiger partial charge in [0.1, 0.15) is 6.54 Å². The van der Waals surface area contributed by atoms with Crippen LogP contribution in [-0.4, -0.2) is 33.9 Å². The molecule has 0 aliphatic carbocycles. The molecule has 0 aliphatic rings. The Kier molecular flexibility index (Phi) is 4.62. The van der Waals surface area contributed by atoms with Crippen molar-refractivity contribution in [2.45, 2.75) is 6.54 Å². The lowest BCUT2D eigenvalue weighted by molar-refractivity contribution is -0.122. The molecule has 0 saturated carbocycles. The molecule has 20 heavy (non-hydrogen) atoms. The highest BCUT2D eigenvalue weighted by atomic mass is 16.3. The van der Waals surface area contributed by atoms with Gasteiger partial charge in [-0.05, 0) is 6.07 Å². The summed E-state index contributed by atoms with van der Waals surface area (Å²) in [5.41, 5.74) is 1.15. The van der Waals surface area contributed by atoms with E-state index in [1.165, 1.54) is 6.07 Å². The maximum absolute atomic E-state index is 11.7. The van der Waals surface area contributed by atoms with Crippen LogP contribution in [0.25, 0.3) is 11.3 Å². The Morgan fingerprint density at radius 3 is 2.65 bits per heavy atom. The van der Waals surface area contributed by atoms with E-state index in [0.29, 0.717) is 5.69 Å². The Hall–Kier alpha value is -2.47. The molecule has 0 unspecified atom stereocenters. The molecule has 2 rings (SSSR count). The van der Waals surface area contributed by atoms with E-state index in [1.807, 2.05) is 30.3 Å². The number of nitrogens with zero attached hydrogens (tertiary/aromatic N) is 2. The Morgan fingerprint density at radius 1 is 1.20 bits per heavy atom. The van der Waals surface area contributed by atoms with Gasteiger partial charge in [0, 0.05) is 18.2 Å². The number of hydrogen-bond acceptors (Lipinski definition) is 4. The van der Waals surface area contributed by atoms with Crippen molar-refractivity contribution in [3.05, 3.63) is 52.8 Å². The largest absolute Gasteiger partial charge is 0.395 e. The van der Waals surface area contributed by atoms with Gasteiger partial charge in [-0.3, -0.25) is 9.59 Å². The van der Waals surface area contributed by atoms with E-state index in [1.54, 1.807) is 6.07 Å². The van der Waals surface area contributed by atoms with E-state index in [2.05, 4.69) is 10.4 Å². The number of rotatable bonds is 5. The lowest BCUT2D eigenvalue weighted by Gasteiger charge is -2.07. The number of aromatic nitrogens is 2. The minimum absolute atomic E-state index is 0.141. The van der Waals surface area contributed by atoms with Gasteiger partial charge in [-0.15, -0.1) is 0 Å². The number of hydrogen-bond donors (Lipinski definition) is 2. The second-order valence-electron chi connectivity index (χ2n) is 4.15. The molecule has 2 aromatic rings. The number of carbonyl (C=O) groups is 1. The van der Waals surface area contributed by atoms with Crippen LogP contribution >= 0.6 is 0 Å². The third kappa shape index (κ3) is 3.52. The van der Waals surface area contributed by atoms with Gasteiger partial charge in [-0.25, -0.2) is 4.68 Å². The van der Waals surface area contributed by atoms with E-state index >= 15 is 0 Å². The minimum Gasteiger partial charge on any atom is -0.395 e. The molecule has 104 valence electrons. The monoisotopic (exact) mass is 273 g/mol. The molecule has 2 N–H and O–H groups in total. The van der Waals surface area contributed by atoms with E-state index in [0.717, 1.165) is 10.2 Å². The SMILES string of the molecule is O=C(Cn1nc(-c2ccccc2)ccc1=O)NCCO. The Balaban J connectivity index is 2.21. The van der Waals surface area contributed by atoms with Crippen LogP contribution in [0.1, 0.15) is 0 Å². The number of nitrogens with one attached hydrogen (secondary N) is 1. The third-order valence-corrected chi connectivity index (χ3v) is 2.66. The molecule has 1 amide bonds. The first kappa shape index (κ1) is 14.0. The standard InChI is InChI=1S/C14H15N3O3/c18-9-8-15-13(19)10-17-14(20)7-6-12(16-17)11-4-2-1-3-5-11/h1-7,18H,8-10H2,(H,15,19). The lowest BCUT2D eigenvalue weighted by atomic mass is 10.1. The number of benzene rings is 1. The summed E-state index contributed by atoms with van der Waals surface area (Å²) in [7, 11) is 0. The molecule has 0 aliphatic heterocycles. The zero-order chi connectivity index (χ0) is 14.4. The summed E-state index contributed by atoms with van der Waals surface area (Å²) in [5.74, 6) is -0.362. The maximum atomic E-state index is 11.7. The van der Waals surface area contributed by atoms with Gasteiger partial charge >= 0.3 is 0 Å². The molecule has 1 heterocycles. The van der Waals surface area contributed by atoms with Crippen molar-refractivity contribution in [2.24, 2.45) is 0 Å². The van der Waals surface area contributed by atoms with Crippen molar-refractivity contribution in [3.63, 3.8) is 0 Å². The molecule has 0 fully saturated rings. The predicted molar refractivity (Wildman–Crippen MR) is 74.0 cm³/mol. The fourth-order valence-electron chi connectivity index (χ4n) is 1.71. The van der Waals surface area contributed by atoms with E-state index in [9.17, 15) is 9.59 Å². The van der Waals surface area contributed by atoms with Crippen LogP contribution < -0.4 is 10.9 Å². The average Bonchev–Trinajstić information content (AvgIpc) is 2.48. The smallest absolute Gasteiger partial charge is 0.267 e. The van der Waals surface area contributed by atoms with Gasteiger partial charge in [-0.2, -0.15) is 5.10 Å². The summed E-state index contributed by atoms with van der Waals surface area (Å²) in [6, 6.07) is 12.4. The van der Waals surface area contributed by atoms with Crippen LogP contribution in [0.4, 0.5) is 0 Å².